The number of hydrogen-bond acceptors (Lipinski definition) is 3. The summed E-state index contributed by atoms with van der Waals surface area (Å²) >= 11 is 0. The van der Waals surface area contributed by atoms with Crippen molar-refractivity contribution in [3.63, 3.8) is 0 Å². The number of aryl methyl sites for hydroxylation is 1. The number of nitriles is 1. The van der Waals surface area contributed by atoms with Crippen LogP contribution in [0.3, 0.4) is 0 Å². The normalized spacial score (nSPS) is 20.8. The van der Waals surface area contributed by atoms with Crippen LogP contribution in [0.15, 0.2) is 12.3 Å². The van der Waals surface area contributed by atoms with E-state index in [0.29, 0.717) is 6.04 Å². The maximum atomic E-state index is 9.27. The molecule has 2 heterocycles. The van der Waals surface area contributed by atoms with Gasteiger partial charge in [-0.1, -0.05) is 12.8 Å². The molecule has 1 unspecified atom stereocenters. The van der Waals surface area contributed by atoms with Crippen LogP contribution >= 0.6 is 0 Å². The Morgan fingerprint density at radius 1 is 1.41 bits per heavy atom. The number of hydrogen-bond donors (Lipinski definition) is 0. The van der Waals surface area contributed by atoms with Crippen molar-refractivity contribution in [3.8, 4) is 6.07 Å². The highest BCUT2D eigenvalue weighted by molar-refractivity contribution is 5.57. The van der Waals surface area contributed by atoms with E-state index in [2.05, 4.69) is 22.9 Å². The molecule has 1 saturated heterocycles. The van der Waals surface area contributed by atoms with Gasteiger partial charge >= 0.3 is 0 Å². The fourth-order valence-electron chi connectivity index (χ4n) is 2.49. The van der Waals surface area contributed by atoms with Gasteiger partial charge in [0.15, 0.2) is 0 Å². The van der Waals surface area contributed by atoms with Gasteiger partial charge in [-0.3, -0.25) is 0 Å². The third-order valence-electron chi connectivity index (χ3n) is 3.58. The molecule has 0 aliphatic carbocycles. The zero-order valence-electron chi connectivity index (χ0n) is 10.6. The first-order valence-corrected chi connectivity index (χ1v) is 6.36. The molecule has 0 saturated carbocycles. The molecule has 3 nitrogen and oxygen atoms in total. The van der Waals surface area contributed by atoms with Crippen molar-refractivity contribution in [2.45, 2.75) is 45.6 Å². The summed E-state index contributed by atoms with van der Waals surface area (Å²) in [5, 5.41) is 9.27. The average molecular weight is 229 g/mol. The lowest BCUT2D eigenvalue weighted by Gasteiger charge is -2.29. The second kappa shape index (κ2) is 5.18. The Balaban J connectivity index is 2.38. The molecule has 3 heteroatoms. The quantitative estimate of drug-likeness (QED) is 0.743. The monoisotopic (exact) mass is 229 g/mol. The van der Waals surface area contributed by atoms with Crippen molar-refractivity contribution in [3.05, 3.63) is 23.4 Å². The van der Waals surface area contributed by atoms with E-state index >= 15 is 0 Å². The van der Waals surface area contributed by atoms with E-state index in [-0.39, 0.29) is 0 Å². The summed E-state index contributed by atoms with van der Waals surface area (Å²) in [5.41, 5.74) is 1.76. The fourth-order valence-corrected chi connectivity index (χ4v) is 2.49. The van der Waals surface area contributed by atoms with Crippen molar-refractivity contribution >= 4 is 5.82 Å². The summed E-state index contributed by atoms with van der Waals surface area (Å²) in [6.07, 6.45) is 6.77. The van der Waals surface area contributed by atoms with Crippen LogP contribution in [0.5, 0.6) is 0 Å². The molecule has 0 N–H and O–H groups in total. The first kappa shape index (κ1) is 11.9. The Bertz CT molecular complexity index is 434. The minimum Gasteiger partial charge on any atom is -0.353 e. The van der Waals surface area contributed by atoms with Gasteiger partial charge in [0, 0.05) is 18.8 Å². The van der Waals surface area contributed by atoms with Crippen molar-refractivity contribution in [2.24, 2.45) is 0 Å². The zero-order chi connectivity index (χ0) is 12.3. The Morgan fingerprint density at radius 3 is 3.00 bits per heavy atom. The standard InChI is InChI=1S/C14H19N3/c1-11-7-8-16-14(13(11)10-15)17-9-5-3-4-6-12(17)2/h7-8,12H,3-6,9H2,1-2H3. The van der Waals surface area contributed by atoms with Crippen LogP contribution < -0.4 is 4.90 Å². The molecule has 0 bridgehead atoms. The molecule has 90 valence electrons. The lowest BCUT2D eigenvalue weighted by Crippen LogP contribution is -2.33. The summed E-state index contributed by atoms with van der Waals surface area (Å²) in [6, 6.07) is 4.69. The molecule has 1 aromatic rings. The van der Waals surface area contributed by atoms with Gasteiger partial charge in [-0.05, 0) is 38.3 Å². The first-order chi connectivity index (χ1) is 8.24. The predicted molar refractivity (Wildman–Crippen MR) is 69.0 cm³/mol. The minimum absolute atomic E-state index is 0.485. The number of pyridine rings is 1. The highest BCUT2D eigenvalue weighted by Crippen LogP contribution is 2.26. The van der Waals surface area contributed by atoms with Crippen LogP contribution in [0, 0.1) is 18.3 Å². The minimum atomic E-state index is 0.485. The summed E-state index contributed by atoms with van der Waals surface area (Å²) in [4.78, 5) is 6.73. The molecule has 0 spiro atoms. The van der Waals surface area contributed by atoms with E-state index in [1.807, 2.05) is 19.2 Å². The second-order valence-electron chi connectivity index (χ2n) is 4.83. The lowest BCUT2D eigenvalue weighted by atomic mass is 10.1. The summed E-state index contributed by atoms with van der Waals surface area (Å²) in [6.45, 7) is 5.23. The maximum Gasteiger partial charge on any atom is 0.146 e. The number of anilines is 1. The van der Waals surface area contributed by atoms with Crippen LogP contribution in [-0.4, -0.2) is 17.6 Å². The van der Waals surface area contributed by atoms with E-state index in [0.717, 1.165) is 23.5 Å². The van der Waals surface area contributed by atoms with Crippen LogP contribution in [0.4, 0.5) is 5.82 Å². The Hall–Kier alpha value is -1.56. The highest BCUT2D eigenvalue weighted by Gasteiger charge is 2.21. The van der Waals surface area contributed by atoms with Gasteiger partial charge in [0.1, 0.15) is 11.9 Å². The average Bonchev–Trinajstić information content (AvgIpc) is 2.53. The molecule has 2 rings (SSSR count). The van der Waals surface area contributed by atoms with Gasteiger partial charge in [-0.15, -0.1) is 0 Å². The Kier molecular flexibility index (Phi) is 3.63. The number of rotatable bonds is 1. The van der Waals surface area contributed by atoms with Crippen molar-refractivity contribution in [2.75, 3.05) is 11.4 Å². The van der Waals surface area contributed by atoms with Gasteiger partial charge in [0.05, 0.1) is 5.56 Å². The molecule has 0 radical (unpaired) electrons. The largest absolute Gasteiger partial charge is 0.353 e. The summed E-state index contributed by atoms with van der Waals surface area (Å²) in [5.74, 6) is 0.877. The number of aromatic nitrogens is 1. The third kappa shape index (κ3) is 2.41. The summed E-state index contributed by atoms with van der Waals surface area (Å²) < 4.78 is 0. The SMILES string of the molecule is Cc1ccnc(N2CCCCCC2C)c1C#N. The molecule has 0 aromatic carbocycles. The molecule has 1 aliphatic rings. The van der Waals surface area contributed by atoms with Crippen molar-refractivity contribution in [1.82, 2.24) is 4.98 Å². The molecular formula is C14H19N3. The van der Waals surface area contributed by atoms with Crippen LogP contribution in [0.2, 0.25) is 0 Å². The highest BCUT2D eigenvalue weighted by atomic mass is 15.2. The summed E-state index contributed by atoms with van der Waals surface area (Å²) in [7, 11) is 0. The van der Waals surface area contributed by atoms with Crippen LogP contribution in [0.1, 0.15) is 43.7 Å². The molecule has 1 atom stereocenters. The zero-order valence-corrected chi connectivity index (χ0v) is 10.6. The van der Waals surface area contributed by atoms with E-state index in [1.54, 1.807) is 0 Å². The molecule has 17 heavy (non-hydrogen) atoms. The van der Waals surface area contributed by atoms with E-state index in [4.69, 9.17) is 0 Å². The maximum absolute atomic E-state index is 9.27. The molecule has 1 aliphatic heterocycles. The third-order valence-corrected chi connectivity index (χ3v) is 3.58. The molecular weight excluding hydrogens is 210 g/mol. The first-order valence-electron chi connectivity index (χ1n) is 6.36. The molecule has 1 aromatic heterocycles. The Morgan fingerprint density at radius 2 is 2.24 bits per heavy atom. The smallest absolute Gasteiger partial charge is 0.146 e. The lowest BCUT2D eigenvalue weighted by molar-refractivity contribution is 0.610. The van der Waals surface area contributed by atoms with Gasteiger partial charge in [-0.2, -0.15) is 5.26 Å². The van der Waals surface area contributed by atoms with E-state index in [9.17, 15) is 5.26 Å². The van der Waals surface area contributed by atoms with Crippen molar-refractivity contribution < 1.29 is 0 Å². The topological polar surface area (TPSA) is 39.9 Å². The van der Waals surface area contributed by atoms with Crippen LogP contribution in [0.25, 0.3) is 0 Å². The Labute approximate surface area is 103 Å². The number of nitrogens with zero attached hydrogens (tertiary/aromatic N) is 3. The van der Waals surface area contributed by atoms with Gasteiger partial charge in [0.2, 0.25) is 0 Å². The van der Waals surface area contributed by atoms with Crippen molar-refractivity contribution in [1.29, 1.82) is 5.26 Å². The fraction of sp³-hybridized carbons (Fsp3) is 0.571. The second-order valence-corrected chi connectivity index (χ2v) is 4.83. The van der Waals surface area contributed by atoms with Gasteiger partial charge < -0.3 is 4.90 Å². The van der Waals surface area contributed by atoms with E-state index < -0.39 is 0 Å². The van der Waals surface area contributed by atoms with Gasteiger partial charge in [-0.25, -0.2) is 4.98 Å². The van der Waals surface area contributed by atoms with Crippen LogP contribution in [-0.2, 0) is 0 Å². The predicted octanol–water partition coefficient (Wildman–Crippen LogP) is 3.03. The van der Waals surface area contributed by atoms with E-state index in [1.165, 1.54) is 25.7 Å². The van der Waals surface area contributed by atoms with Gasteiger partial charge in [0.25, 0.3) is 0 Å². The molecule has 1 fully saturated rings. The molecule has 0 amide bonds.